The number of likely N-dealkylation sites (tertiary alicyclic amines) is 1. The Morgan fingerprint density at radius 1 is 1.14 bits per heavy atom. The molecule has 4 rings (SSSR count). The number of hydrogen-bond acceptors (Lipinski definition) is 5. The summed E-state index contributed by atoms with van der Waals surface area (Å²) in [6, 6.07) is 7.45. The number of benzene rings is 1. The molecule has 1 saturated carbocycles. The average molecular weight is 399 g/mol. The molecular weight excluding hydrogens is 368 g/mol. The Labute approximate surface area is 171 Å². The lowest BCUT2D eigenvalue weighted by molar-refractivity contribution is -0.127. The fourth-order valence-corrected chi connectivity index (χ4v) is 4.63. The lowest BCUT2D eigenvalue weighted by atomic mass is 9.88. The average Bonchev–Trinajstić information content (AvgIpc) is 2.75. The molecule has 2 fully saturated rings. The first-order valence-electron chi connectivity index (χ1n) is 10.8. The molecule has 6 heteroatoms. The standard InChI is InChI=1S/C23H30N2O4/c1-28-19-7-8-20-17(13-22(26)29-21(20)14-19)15-25-11-9-18(10-12-25)24-23(27)16-5-3-2-4-6-16/h7-8,13-14,16,18H,2-6,9-12,15H2,1H3,(H,24,27). The summed E-state index contributed by atoms with van der Waals surface area (Å²) >= 11 is 0. The van der Waals surface area contributed by atoms with E-state index < -0.39 is 0 Å². The largest absolute Gasteiger partial charge is 0.497 e. The lowest BCUT2D eigenvalue weighted by Gasteiger charge is -2.33. The number of nitrogens with one attached hydrogen (secondary N) is 1. The third kappa shape index (κ3) is 4.81. The maximum absolute atomic E-state index is 12.5. The van der Waals surface area contributed by atoms with Gasteiger partial charge in [-0.25, -0.2) is 4.79 Å². The molecule has 1 saturated heterocycles. The van der Waals surface area contributed by atoms with Crippen molar-refractivity contribution < 1.29 is 13.9 Å². The predicted molar refractivity (Wildman–Crippen MR) is 112 cm³/mol. The number of piperidine rings is 1. The summed E-state index contributed by atoms with van der Waals surface area (Å²) in [5.74, 6) is 1.14. The van der Waals surface area contributed by atoms with Gasteiger partial charge in [-0.2, -0.15) is 0 Å². The molecule has 0 bridgehead atoms. The highest BCUT2D eigenvalue weighted by atomic mass is 16.5. The molecule has 0 atom stereocenters. The summed E-state index contributed by atoms with van der Waals surface area (Å²) in [5.41, 5.74) is 1.19. The van der Waals surface area contributed by atoms with Crippen molar-refractivity contribution in [3.63, 3.8) is 0 Å². The van der Waals surface area contributed by atoms with Crippen LogP contribution >= 0.6 is 0 Å². The number of hydrogen-bond donors (Lipinski definition) is 1. The zero-order chi connectivity index (χ0) is 20.2. The van der Waals surface area contributed by atoms with E-state index >= 15 is 0 Å². The number of nitrogens with zero attached hydrogens (tertiary/aromatic N) is 1. The van der Waals surface area contributed by atoms with Crippen LogP contribution in [0.2, 0.25) is 0 Å². The van der Waals surface area contributed by atoms with Gasteiger partial charge in [-0.1, -0.05) is 19.3 Å². The molecule has 6 nitrogen and oxygen atoms in total. The van der Waals surface area contributed by atoms with Crippen molar-refractivity contribution >= 4 is 16.9 Å². The summed E-state index contributed by atoms with van der Waals surface area (Å²) in [6.07, 6.45) is 7.61. The summed E-state index contributed by atoms with van der Waals surface area (Å²) in [5, 5.41) is 4.22. The Hall–Kier alpha value is -2.34. The number of carbonyl (C=O) groups is 1. The van der Waals surface area contributed by atoms with E-state index in [9.17, 15) is 9.59 Å². The van der Waals surface area contributed by atoms with Gasteiger partial charge in [-0.3, -0.25) is 9.69 Å². The first-order valence-corrected chi connectivity index (χ1v) is 10.8. The molecule has 1 aromatic carbocycles. The SMILES string of the molecule is COc1ccc2c(CN3CCC(NC(=O)C4CCCCC4)CC3)cc(=O)oc2c1. The first-order chi connectivity index (χ1) is 14.1. The molecule has 1 amide bonds. The molecule has 2 aliphatic rings. The van der Waals surface area contributed by atoms with Crippen LogP contribution in [-0.2, 0) is 11.3 Å². The number of amides is 1. The van der Waals surface area contributed by atoms with E-state index in [4.69, 9.17) is 9.15 Å². The lowest BCUT2D eigenvalue weighted by Crippen LogP contribution is -2.46. The van der Waals surface area contributed by atoms with Crippen LogP contribution < -0.4 is 15.7 Å². The molecule has 2 heterocycles. The number of fused-ring (bicyclic) bond motifs is 1. The Kier molecular flexibility index (Phi) is 6.19. The maximum Gasteiger partial charge on any atom is 0.336 e. The monoisotopic (exact) mass is 398 g/mol. The molecule has 1 N–H and O–H groups in total. The predicted octanol–water partition coefficient (Wildman–Crippen LogP) is 3.46. The van der Waals surface area contributed by atoms with Crippen molar-refractivity contribution in [1.82, 2.24) is 10.2 Å². The van der Waals surface area contributed by atoms with E-state index in [-0.39, 0.29) is 23.5 Å². The highest BCUT2D eigenvalue weighted by Crippen LogP contribution is 2.26. The summed E-state index contributed by atoms with van der Waals surface area (Å²) in [7, 11) is 1.60. The molecule has 2 aromatic rings. The first kappa shape index (κ1) is 20.0. The minimum atomic E-state index is -0.338. The van der Waals surface area contributed by atoms with Gasteiger partial charge in [-0.05, 0) is 43.4 Å². The van der Waals surface area contributed by atoms with Crippen molar-refractivity contribution in [1.29, 1.82) is 0 Å². The van der Waals surface area contributed by atoms with E-state index in [1.165, 1.54) is 19.3 Å². The Morgan fingerprint density at radius 3 is 2.62 bits per heavy atom. The summed E-state index contributed by atoms with van der Waals surface area (Å²) in [6.45, 7) is 2.53. The van der Waals surface area contributed by atoms with Gasteiger partial charge < -0.3 is 14.5 Å². The normalized spacial score (nSPS) is 19.3. The third-order valence-electron chi connectivity index (χ3n) is 6.34. The Morgan fingerprint density at radius 2 is 1.90 bits per heavy atom. The second-order valence-corrected chi connectivity index (χ2v) is 8.35. The van der Waals surface area contributed by atoms with Crippen LogP contribution in [0.15, 0.2) is 33.5 Å². The van der Waals surface area contributed by atoms with Gasteiger partial charge in [0.05, 0.1) is 7.11 Å². The molecule has 0 spiro atoms. The number of carbonyl (C=O) groups excluding carboxylic acids is 1. The van der Waals surface area contributed by atoms with E-state index in [2.05, 4.69) is 10.2 Å². The van der Waals surface area contributed by atoms with Crippen LogP contribution in [0.5, 0.6) is 5.75 Å². The van der Waals surface area contributed by atoms with E-state index in [1.807, 2.05) is 12.1 Å². The summed E-state index contributed by atoms with van der Waals surface area (Å²) < 4.78 is 10.6. The quantitative estimate of drug-likeness (QED) is 0.781. The van der Waals surface area contributed by atoms with Gasteiger partial charge in [0, 0.05) is 49.1 Å². The maximum atomic E-state index is 12.5. The number of methoxy groups -OCH3 is 1. The minimum absolute atomic E-state index is 0.216. The molecule has 1 aliphatic heterocycles. The molecule has 1 aliphatic carbocycles. The van der Waals surface area contributed by atoms with Crippen molar-refractivity contribution in [2.24, 2.45) is 5.92 Å². The van der Waals surface area contributed by atoms with Crippen molar-refractivity contribution in [2.75, 3.05) is 20.2 Å². The fourth-order valence-electron chi connectivity index (χ4n) is 4.63. The second-order valence-electron chi connectivity index (χ2n) is 8.35. The topological polar surface area (TPSA) is 71.8 Å². The van der Waals surface area contributed by atoms with E-state index in [0.717, 1.165) is 49.7 Å². The molecular formula is C23H30N2O4. The Bertz CT molecular complexity index is 909. The van der Waals surface area contributed by atoms with Crippen LogP contribution in [0, 0.1) is 5.92 Å². The van der Waals surface area contributed by atoms with Gasteiger partial charge in [0.15, 0.2) is 0 Å². The molecule has 156 valence electrons. The van der Waals surface area contributed by atoms with Gasteiger partial charge >= 0.3 is 5.63 Å². The van der Waals surface area contributed by atoms with Crippen molar-refractivity contribution in [3.8, 4) is 5.75 Å². The third-order valence-corrected chi connectivity index (χ3v) is 6.34. The molecule has 0 radical (unpaired) electrons. The van der Waals surface area contributed by atoms with Crippen LogP contribution in [0.4, 0.5) is 0 Å². The van der Waals surface area contributed by atoms with Gasteiger partial charge in [0.2, 0.25) is 5.91 Å². The molecule has 0 unspecified atom stereocenters. The van der Waals surface area contributed by atoms with Crippen molar-refractivity contribution in [2.45, 2.75) is 57.5 Å². The van der Waals surface area contributed by atoms with Crippen molar-refractivity contribution in [3.05, 3.63) is 40.2 Å². The Balaban J connectivity index is 1.36. The van der Waals surface area contributed by atoms with Gasteiger partial charge in [0.1, 0.15) is 11.3 Å². The smallest absolute Gasteiger partial charge is 0.336 e. The minimum Gasteiger partial charge on any atom is -0.497 e. The highest BCUT2D eigenvalue weighted by Gasteiger charge is 2.26. The zero-order valence-corrected chi connectivity index (χ0v) is 17.1. The number of rotatable bonds is 5. The number of ether oxygens (including phenoxy) is 1. The van der Waals surface area contributed by atoms with Crippen LogP contribution in [-0.4, -0.2) is 37.0 Å². The highest BCUT2D eigenvalue weighted by molar-refractivity contribution is 5.81. The van der Waals surface area contributed by atoms with E-state index in [1.54, 1.807) is 19.2 Å². The molecule has 1 aromatic heterocycles. The van der Waals surface area contributed by atoms with Crippen LogP contribution in [0.1, 0.15) is 50.5 Å². The molecule has 29 heavy (non-hydrogen) atoms. The van der Waals surface area contributed by atoms with Gasteiger partial charge in [0.25, 0.3) is 0 Å². The van der Waals surface area contributed by atoms with Crippen LogP contribution in [0.25, 0.3) is 11.0 Å². The fraction of sp³-hybridized carbons (Fsp3) is 0.565. The van der Waals surface area contributed by atoms with Gasteiger partial charge in [-0.15, -0.1) is 0 Å². The van der Waals surface area contributed by atoms with E-state index in [0.29, 0.717) is 17.9 Å². The second kappa shape index (κ2) is 8.99. The summed E-state index contributed by atoms with van der Waals surface area (Å²) in [4.78, 5) is 26.8. The zero-order valence-electron chi connectivity index (χ0n) is 17.1. The van der Waals surface area contributed by atoms with Crippen LogP contribution in [0.3, 0.4) is 0 Å².